The van der Waals surface area contributed by atoms with Gasteiger partial charge in [0.05, 0.1) is 13.2 Å². The van der Waals surface area contributed by atoms with E-state index in [0.29, 0.717) is 25.5 Å². The SMILES string of the molecule is O=C(NCC1CC1)C1=C[C@@H](c2ccc(F)cc2)C[C@@H](OCc2ccc(CO)cc2)O1. The van der Waals surface area contributed by atoms with Gasteiger partial charge in [-0.25, -0.2) is 4.39 Å². The molecule has 1 saturated carbocycles. The predicted molar refractivity (Wildman–Crippen MR) is 110 cm³/mol. The van der Waals surface area contributed by atoms with E-state index in [0.717, 1.165) is 29.5 Å². The van der Waals surface area contributed by atoms with E-state index in [4.69, 9.17) is 14.6 Å². The Bertz CT molecular complexity index is 890. The van der Waals surface area contributed by atoms with Crippen LogP contribution in [0.1, 0.15) is 41.9 Å². The number of allylic oxidation sites excluding steroid dienone is 1. The second-order valence-corrected chi connectivity index (χ2v) is 7.91. The zero-order valence-electron chi connectivity index (χ0n) is 16.7. The molecule has 0 bridgehead atoms. The van der Waals surface area contributed by atoms with Crippen molar-refractivity contribution in [1.82, 2.24) is 5.32 Å². The maximum atomic E-state index is 13.3. The van der Waals surface area contributed by atoms with Crippen molar-refractivity contribution in [3.8, 4) is 0 Å². The van der Waals surface area contributed by atoms with Crippen molar-refractivity contribution in [2.45, 2.75) is 44.7 Å². The third-order valence-corrected chi connectivity index (χ3v) is 5.47. The van der Waals surface area contributed by atoms with Crippen LogP contribution in [0.15, 0.2) is 60.4 Å². The number of carbonyl (C=O) groups is 1. The molecular weight excluding hydrogens is 385 g/mol. The van der Waals surface area contributed by atoms with Crippen LogP contribution in [0.4, 0.5) is 4.39 Å². The van der Waals surface area contributed by atoms with Crippen LogP contribution in [0, 0.1) is 11.7 Å². The van der Waals surface area contributed by atoms with Crippen molar-refractivity contribution in [1.29, 1.82) is 0 Å². The van der Waals surface area contributed by atoms with Crippen LogP contribution in [0.25, 0.3) is 0 Å². The molecule has 30 heavy (non-hydrogen) atoms. The Hall–Kier alpha value is -2.70. The van der Waals surface area contributed by atoms with E-state index in [-0.39, 0.29) is 30.0 Å². The number of halogens is 1. The fourth-order valence-electron chi connectivity index (χ4n) is 3.44. The van der Waals surface area contributed by atoms with Gasteiger partial charge >= 0.3 is 0 Å². The van der Waals surface area contributed by atoms with Crippen molar-refractivity contribution in [2.75, 3.05) is 6.54 Å². The molecule has 5 nitrogen and oxygen atoms in total. The van der Waals surface area contributed by atoms with Gasteiger partial charge in [0.1, 0.15) is 5.82 Å². The summed E-state index contributed by atoms with van der Waals surface area (Å²) in [5, 5.41) is 12.1. The molecule has 1 aliphatic heterocycles. The summed E-state index contributed by atoms with van der Waals surface area (Å²) in [6.07, 6.45) is 4.04. The summed E-state index contributed by atoms with van der Waals surface area (Å²) in [6, 6.07) is 13.8. The van der Waals surface area contributed by atoms with E-state index in [1.807, 2.05) is 24.3 Å². The molecule has 2 aromatic carbocycles. The smallest absolute Gasteiger partial charge is 0.286 e. The minimum absolute atomic E-state index is 0.00362. The highest BCUT2D eigenvalue weighted by Crippen LogP contribution is 2.32. The molecule has 0 saturated heterocycles. The number of carbonyl (C=O) groups excluding carboxylic acids is 1. The van der Waals surface area contributed by atoms with Crippen LogP contribution < -0.4 is 5.32 Å². The second kappa shape index (κ2) is 9.41. The van der Waals surface area contributed by atoms with Gasteiger partial charge in [-0.1, -0.05) is 36.4 Å². The molecule has 4 rings (SSSR count). The first-order valence-electron chi connectivity index (χ1n) is 10.3. The van der Waals surface area contributed by atoms with Gasteiger partial charge < -0.3 is 19.9 Å². The summed E-state index contributed by atoms with van der Waals surface area (Å²) in [7, 11) is 0. The van der Waals surface area contributed by atoms with Crippen molar-refractivity contribution in [3.63, 3.8) is 0 Å². The van der Waals surface area contributed by atoms with Crippen molar-refractivity contribution in [3.05, 3.63) is 82.9 Å². The number of aliphatic hydroxyl groups excluding tert-OH is 1. The van der Waals surface area contributed by atoms with Crippen molar-refractivity contribution < 1.29 is 23.8 Å². The van der Waals surface area contributed by atoms with Crippen LogP contribution in [-0.2, 0) is 27.5 Å². The molecule has 6 heteroatoms. The maximum absolute atomic E-state index is 13.3. The largest absolute Gasteiger partial charge is 0.459 e. The van der Waals surface area contributed by atoms with Gasteiger partial charge in [0.15, 0.2) is 5.76 Å². The number of amides is 1. The lowest BCUT2D eigenvalue weighted by molar-refractivity contribution is -0.150. The maximum Gasteiger partial charge on any atom is 0.286 e. The van der Waals surface area contributed by atoms with Gasteiger partial charge in [-0.3, -0.25) is 4.79 Å². The lowest BCUT2D eigenvalue weighted by Crippen LogP contribution is -2.33. The Morgan fingerprint density at radius 2 is 1.80 bits per heavy atom. The summed E-state index contributed by atoms with van der Waals surface area (Å²) >= 11 is 0. The highest BCUT2D eigenvalue weighted by atomic mass is 19.1. The molecule has 0 radical (unpaired) electrons. The quantitative estimate of drug-likeness (QED) is 0.694. The highest BCUT2D eigenvalue weighted by Gasteiger charge is 2.30. The second-order valence-electron chi connectivity index (χ2n) is 7.91. The van der Waals surface area contributed by atoms with Crippen LogP contribution in [0.2, 0.25) is 0 Å². The summed E-state index contributed by atoms with van der Waals surface area (Å²) in [5.41, 5.74) is 2.69. The molecule has 1 fully saturated rings. The van der Waals surface area contributed by atoms with Gasteiger partial charge in [0.2, 0.25) is 6.29 Å². The fourth-order valence-corrected chi connectivity index (χ4v) is 3.44. The summed E-state index contributed by atoms with van der Waals surface area (Å²) < 4.78 is 25.1. The lowest BCUT2D eigenvalue weighted by Gasteiger charge is -2.29. The van der Waals surface area contributed by atoms with E-state index < -0.39 is 6.29 Å². The first-order valence-corrected chi connectivity index (χ1v) is 10.3. The zero-order chi connectivity index (χ0) is 20.9. The molecule has 0 unspecified atom stereocenters. The molecule has 1 amide bonds. The summed E-state index contributed by atoms with van der Waals surface area (Å²) in [6.45, 7) is 0.976. The highest BCUT2D eigenvalue weighted by molar-refractivity contribution is 5.91. The molecule has 2 atom stereocenters. The monoisotopic (exact) mass is 411 g/mol. The topological polar surface area (TPSA) is 67.8 Å². The molecule has 158 valence electrons. The molecule has 2 aromatic rings. The van der Waals surface area contributed by atoms with Crippen LogP contribution >= 0.6 is 0 Å². The van der Waals surface area contributed by atoms with Crippen molar-refractivity contribution in [2.24, 2.45) is 5.92 Å². The number of nitrogens with one attached hydrogen (secondary N) is 1. The van der Waals surface area contributed by atoms with E-state index >= 15 is 0 Å². The predicted octanol–water partition coefficient (Wildman–Crippen LogP) is 3.77. The van der Waals surface area contributed by atoms with E-state index in [1.165, 1.54) is 12.1 Å². The molecule has 0 spiro atoms. The third kappa shape index (κ3) is 5.46. The van der Waals surface area contributed by atoms with E-state index in [2.05, 4.69) is 5.32 Å². The molecule has 1 aliphatic carbocycles. The molecule has 2 aliphatic rings. The van der Waals surface area contributed by atoms with Crippen LogP contribution in [-0.4, -0.2) is 23.8 Å². The Balaban J connectivity index is 1.45. The summed E-state index contributed by atoms with van der Waals surface area (Å²) in [4.78, 5) is 12.6. The number of hydrogen-bond donors (Lipinski definition) is 2. The number of benzene rings is 2. The zero-order valence-corrected chi connectivity index (χ0v) is 16.7. The molecular formula is C24H26FNO4. The van der Waals surface area contributed by atoms with Crippen LogP contribution in [0.3, 0.4) is 0 Å². The van der Waals surface area contributed by atoms with E-state index in [9.17, 15) is 9.18 Å². The molecule has 0 aromatic heterocycles. The average molecular weight is 411 g/mol. The number of ether oxygens (including phenoxy) is 2. The first kappa shape index (κ1) is 20.6. The summed E-state index contributed by atoms with van der Waals surface area (Å²) in [5.74, 6) is 0.172. The third-order valence-electron chi connectivity index (χ3n) is 5.47. The Morgan fingerprint density at radius 1 is 1.10 bits per heavy atom. The number of aliphatic hydroxyl groups is 1. The Kier molecular flexibility index (Phi) is 6.45. The van der Waals surface area contributed by atoms with Gasteiger partial charge in [-0.2, -0.15) is 0 Å². The number of hydrogen-bond acceptors (Lipinski definition) is 4. The van der Waals surface area contributed by atoms with Gasteiger partial charge in [0.25, 0.3) is 5.91 Å². The average Bonchev–Trinajstić information content (AvgIpc) is 3.61. The van der Waals surface area contributed by atoms with Gasteiger partial charge in [-0.15, -0.1) is 0 Å². The fraction of sp³-hybridized carbons (Fsp3) is 0.375. The van der Waals surface area contributed by atoms with E-state index in [1.54, 1.807) is 18.2 Å². The van der Waals surface area contributed by atoms with Gasteiger partial charge in [0, 0.05) is 18.9 Å². The lowest BCUT2D eigenvalue weighted by atomic mass is 9.93. The molecule has 1 heterocycles. The van der Waals surface area contributed by atoms with Crippen LogP contribution in [0.5, 0.6) is 0 Å². The normalized spacial score (nSPS) is 20.9. The van der Waals surface area contributed by atoms with Crippen molar-refractivity contribution >= 4 is 5.91 Å². The van der Waals surface area contributed by atoms with Gasteiger partial charge in [-0.05, 0) is 53.7 Å². The minimum atomic E-state index is -0.593. The first-order chi connectivity index (χ1) is 14.6. The Morgan fingerprint density at radius 3 is 2.47 bits per heavy atom. The standard InChI is InChI=1S/C24H26FNO4/c25-21-9-7-19(8-10-21)20-11-22(24(28)26-13-16-1-2-16)30-23(12-20)29-15-18-5-3-17(14-27)4-6-18/h3-11,16,20,23,27H,1-2,12-15H2,(H,26,28)/t20-,23+/m1/s1. The Labute approximate surface area is 175 Å². The number of rotatable bonds is 8. The minimum Gasteiger partial charge on any atom is -0.459 e. The molecule has 2 N–H and O–H groups in total.